The van der Waals surface area contributed by atoms with Crippen LogP contribution in [0.5, 0.6) is 0 Å². The molecule has 3 heteroatoms. The van der Waals surface area contributed by atoms with Gasteiger partial charge in [0.1, 0.15) is 0 Å². The van der Waals surface area contributed by atoms with Crippen LogP contribution in [0.3, 0.4) is 0 Å². The van der Waals surface area contributed by atoms with Gasteiger partial charge in [-0.2, -0.15) is 0 Å². The third kappa shape index (κ3) is 7.24. The quantitative estimate of drug-likeness (QED) is 0.555. The Morgan fingerprint density at radius 1 is 1.04 bits per heavy atom. The average Bonchev–Trinajstić information content (AvgIpc) is 2.56. The highest BCUT2D eigenvalue weighted by Crippen LogP contribution is 2.41. The standard InChI is InChI=1S/C22H38O2Si/c1-22(2,3)21(17-24-25(4)5)20-13-11-19(12-14-20)16-23-15-18-9-7-6-8-10-18/h6-10,19-21,25H,11-17H2,1-5H3/t19-,20-,21?. The predicted molar refractivity (Wildman–Crippen MR) is 109 cm³/mol. The van der Waals surface area contributed by atoms with Crippen LogP contribution in [0.15, 0.2) is 30.3 Å². The molecule has 1 aromatic rings. The van der Waals surface area contributed by atoms with Crippen LogP contribution in [0.25, 0.3) is 0 Å². The zero-order valence-corrected chi connectivity index (χ0v) is 18.1. The molecule has 1 aliphatic carbocycles. The Hall–Kier alpha value is -0.643. The lowest BCUT2D eigenvalue weighted by Gasteiger charge is -2.41. The molecule has 1 fully saturated rings. The normalized spacial score (nSPS) is 23.0. The highest BCUT2D eigenvalue weighted by Gasteiger charge is 2.35. The first kappa shape index (κ1) is 20.7. The third-order valence-electron chi connectivity index (χ3n) is 5.65. The van der Waals surface area contributed by atoms with Crippen LogP contribution in [0, 0.1) is 23.2 Å². The van der Waals surface area contributed by atoms with Crippen LogP contribution in [0.2, 0.25) is 13.1 Å². The van der Waals surface area contributed by atoms with Crippen molar-refractivity contribution < 1.29 is 9.16 Å². The van der Waals surface area contributed by atoms with Crippen molar-refractivity contribution in [2.45, 2.75) is 66.2 Å². The monoisotopic (exact) mass is 362 g/mol. The maximum atomic E-state index is 6.14. The van der Waals surface area contributed by atoms with Gasteiger partial charge in [-0.15, -0.1) is 0 Å². The van der Waals surface area contributed by atoms with Gasteiger partial charge in [-0.1, -0.05) is 51.1 Å². The summed E-state index contributed by atoms with van der Waals surface area (Å²) in [6.07, 6.45) is 5.30. The van der Waals surface area contributed by atoms with Gasteiger partial charge in [-0.05, 0) is 67.5 Å². The smallest absolute Gasteiger partial charge is 0.170 e. The lowest BCUT2D eigenvalue weighted by Crippen LogP contribution is -2.36. The Bertz CT molecular complexity index is 473. The number of hydrogen-bond donors (Lipinski definition) is 0. The first-order valence-corrected chi connectivity index (χ1v) is 12.9. The highest BCUT2D eigenvalue weighted by molar-refractivity contribution is 6.48. The van der Waals surface area contributed by atoms with Crippen LogP contribution in [-0.4, -0.2) is 22.3 Å². The minimum atomic E-state index is -0.931. The zero-order valence-electron chi connectivity index (χ0n) is 17.0. The second-order valence-electron chi connectivity index (χ2n) is 9.14. The second kappa shape index (κ2) is 9.89. The highest BCUT2D eigenvalue weighted by atomic mass is 28.3. The fraction of sp³-hybridized carbons (Fsp3) is 0.727. The van der Waals surface area contributed by atoms with E-state index in [0.717, 1.165) is 31.7 Å². The van der Waals surface area contributed by atoms with E-state index in [0.29, 0.717) is 11.3 Å². The first-order valence-electron chi connectivity index (χ1n) is 10.1. The Morgan fingerprint density at radius 3 is 2.24 bits per heavy atom. The Kier molecular flexibility index (Phi) is 8.18. The van der Waals surface area contributed by atoms with Crippen molar-refractivity contribution in [1.82, 2.24) is 0 Å². The molecule has 0 amide bonds. The van der Waals surface area contributed by atoms with Crippen LogP contribution in [0.1, 0.15) is 52.0 Å². The molecule has 0 radical (unpaired) electrons. The summed E-state index contributed by atoms with van der Waals surface area (Å²) >= 11 is 0. The lowest BCUT2D eigenvalue weighted by atomic mass is 9.67. The molecule has 0 aliphatic heterocycles. The lowest BCUT2D eigenvalue weighted by molar-refractivity contribution is 0.0321. The number of hydrogen-bond acceptors (Lipinski definition) is 2. The Labute approximate surface area is 157 Å². The summed E-state index contributed by atoms with van der Waals surface area (Å²) in [5.41, 5.74) is 1.61. The van der Waals surface area contributed by atoms with E-state index in [2.05, 4.69) is 64.2 Å². The van der Waals surface area contributed by atoms with Crippen molar-refractivity contribution in [3.05, 3.63) is 35.9 Å². The van der Waals surface area contributed by atoms with Crippen molar-refractivity contribution in [3.63, 3.8) is 0 Å². The fourth-order valence-corrected chi connectivity index (χ4v) is 4.66. The molecule has 142 valence electrons. The van der Waals surface area contributed by atoms with Crippen molar-refractivity contribution in [2.75, 3.05) is 13.2 Å². The molecule has 2 nitrogen and oxygen atoms in total. The molecule has 2 rings (SSSR count). The molecule has 0 N–H and O–H groups in total. The number of benzene rings is 1. The minimum Gasteiger partial charge on any atom is -0.420 e. The van der Waals surface area contributed by atoms with E-state index in [1.54, 1.807) is 0 Å². The number of rotatable bonds is 8. The van der Waals surface area contributed by atoms with Gasteiger partial charge in [0, 0.05) is 13.2 Å². The maximum Gasteiger partial charge on any atom is 0.170 e. The van der Waals surface area contributed by atoms with Gasteiger partial charge in [0.2, 0.25) is 0 Å². The summed E-state index contributed by atoms with van der Waals surface area (Å²) in [4.78, 5) is 0. The topological polar surface area (TPSA) is 18.5 Å². The van der Waals surface area contributed by atoms with E-state index in [4.69, 9.17) is 9.16 Å². The molecule has 25 heavy (non-hydrogen) atoms. The molecule has 1 saturated carbocycles. The minimum absolute atomic E-state index is 0.338. The molecular formula is C22H38O2Si. The molecule has 1 unspecified atom stereocenters. The van der Waals surface area contributed by atoms with E-state index in [1.165, 1.54) is 31.2 Å². The summed E-state index contributed by atoms with van der Waals surface area (Å²) < 4.78 is 12.1. The van der Waals surface area contributed by atoms with E-state index in [1.807, 2.05) is 0 Å². The van der Waals surface area contributed by atoms with Gasteiger partial charge in [-0.3, -0.25) is 0 Å². The Morgan fingerprint density at radius 2 is 1.68 bits per heavy atom. The maximum absolute atomic E-state index is 6.14. The molecular weight excluding hydrogens is 324 g/mol. The van der Waals surface area contributed by atoms with E-state index >= 15 is 0 Å². The molecule has 1 atom stereocenters. The van der Waals surface area contributed by atoms with Gasteiger partial charge in [-0.25, -0.2) is 0 Å². The summed E-state index contributed by atoms with van der Waals surface area (Å²) in [6.45, 7) is 14.3. The fourth-order valence-electron chi connectivity index (χ4n) is 4.06. The van der Waals surface area contributed by atoms with E-state index in [-0.39, 0.29) is 0 Å². The first-order chi connectivity index (χ1) is 11.9. The SMILES string of the molecule is C[SiH](C)OCC([C@H]1CC[C@H](COCc2ccccc2)CC1)C(C)(C)C. The molecule has 1 aliphatic rings. The largest absolute Gasteiger partial charge is 0.420 e. The summed E-state index contributed by atoms with van der Waals surface area (Å²) in [5.74, 6) is 2.24. The summed E-state index contributed by atoms with van der Waals surface area (Å²) in [6, 6.07) is 10.5. The third-order valence-corrected chi connectivity index (χ3v) is 6.51. The molecule has 0 heterocycles. The van der Waals surface area contributed by atoms with E-state index in [9.17, 15) is 0 Å². The molecule has 0 bridgehead atoms. The van der Waals surface area contributed by atoms with Gasteiger partial charge >= 0.3 is 0 Å². The van der Waals surface area contributed by atoms with Crippen molar-refractivity contribution in [2.24, 2.45) is 23.2 Å². The van der Waals surface area contributed by atoms with Gasteiger partial charge in [0.05, 0.1) is 6.61 Å². The van der Waals surface area contributed by atoms with Gasteiger partial charge in [0.25, 0.3) is 0 Å². The van der Waals surface area contributed by atoms with E-state index < -0.39 is 9.04 Å². The van der Waals surface area contributed by atoms with Crippen molar-refractivity contribution in [3.8, 4) is 0 Å². The summed E-state index contributed by atoms with van der Waals surface area (Å²) in [5, 5.41) is 0. The molecule has 0 aromatic heterocycles. The summed E-state index contributed by atoms with van der Waals surface area (Å²) in [7, 11) is -0.931. The van der Waals surface area contributed by atoms with Crippen LogP contribution in [-0.2, 0) is 15.8 Å². The molecule has 0 spiro atoms. The molecule has 1 aromatic carbocycles. The molecule has 0 saturated heterocycles. The zero-order chi connectivity index (χ0) is 18.3. The predicted octanol–water partition coefficient (Wildman–Crippen LogP) is 5.67. The van der Waals surface area contributed by atoms with Crippen molar-refractivity contribution in [1.29, 1.82) is 0 Å². The number of ether oxygens (including phenoxy) is 1. The average molecular weight is 363 g/mol. The second-order valence-corrected chi connectivity index (χ2v) is 11.6. The van der Waals surface area contributed by atoms with Gasteiger partial charge < -0.3 is 9.16 Å². The van der Waals surface area contributed by atoms with Crippen LogP contribution >= 0.6 is 0 Å². The Balaban J connectivity index is 1.75. The van der Waals surface area contributed by atoms with Crippen molar-refractivity contribution >= 4 is 9.04 Å². The van der Waals surface area contributed by atoms with Gasteiger partial charge in [0.15, 0.2) is 9.04 Å². The van der Waals surface area contributed by atoms with Crippen LogP contribution in [0.4, 0.5) is 0 Å². The van der Waals surface area contributed by atoms with Crippen LogP contribution < -0.4 is 0 Å².